The average molecular weight is 335 g/mol. The number of carbonyl (C=O) groups is 1. The van der Waals surface area contributed by atoms with Crippen molar-refractivity contribution < 1.29 is 15.0 Å². The third kappa shape index (κ3) is 3.58. The van der Waals surface area contributed by atoms with Gasteiger partial charge in [0.05, 0.1) is 10.7 Å². The minimum atomic E-state index is -0.376. The average Bonchev–Trinajstić information content (AvgIpc) is 2.43. The first kappa shape index (κ1) is 14.1. The number of aromatic hydroxyl groups is 2. The van der Waals surface area contributed by atoms with Crippen LogP contribution in [0.3, 0.4) is 0 Å². The molecular formula is C14H11BrN2O3. The van der Waals surface area contributed by atoms with E-state index in [1.54, 1.807) is 12.1 Å². The molecule has 2 aromatic rings. The van der Waals surface area contributed by atoms with Crippen LogP contribution in [0.4, 0.5) is 0 Å². The second-order valence-electron chi connectivity index (χ2n) is 3.96. The van der Waals surface area contributed by atoms with Crippen LogP contribution in [0.2, 0.25) is 0 Å². The molecule has 1 amide bonds. The van der Waals surface area contributed by atoms with Gasteiger partial charge in [-0.1, -0.05) is 0 Å². The van der Waals surface area contributed by atoms with Crippen LogP contribution in [0.5, 0.6) is 11.5 Å². The Hall–Kier alpha value is -2.34. The topological polar surface area (TPSA) is 81.9 Å². The Labute approximate surface area is 123 Å². The number of rotatable bonds is 3. The molecular weight excluding hydrogens is 324 g/mol. The molecule has 6 heteroatoms. The van der Waals surface area contributed by atoms with Crippen LogP contribution in [0.25, 0.3) is 0 Å². The number of hydrazone groups is 1. The maximum absolute atomic E-state index is 11.7. The van der Waals surface area contributed by atoms with Crippen molar-refractivity contribution in [2.75, 3.05) is 0 Å². The van der Waals surface area contributed by atoms with Crippen molar-refractivity contribution in [2.24, 2.45) is 5.10 Å². The number of halogens is 1. The van der Waals surface area contributed by atoms with Gasteiger partial charge in [0, 0.05) is 5.56 Å². The lowest BCUT2D eigenvalue weighted by Crippen LogP contribution is -2.17. The Morgan fingerprint density at radius 2 is 1.85 bits per heavy atom. The van der Waals surface area contributed by atoms with E-state index in [4.69, 9.17) is 5.11 Å². The third-order valence-electron chi connectivity index (χ3n) is 2.48. The van der Waals surface area contributed by atoms with Crippen molar-refractivity contribution in [2.45, 2.75) is 0 Å². The standard InChI is InChI=1S/C14H11BrN2O3/c15-12-7-9(1-6-13(12)19)8-16-17-14(20)10-2-4-11(18)5-3-10/h1-8,18-19H,(H,17,20). The van der Waals surface area contributed by atoms with Gasteiger partial charge in [0.1, 0.15) is 11.5 Å². The van der Waals surface area contributed by atoms with Gasteiger partial charge in [-0.05, 0) is 64.0 Å². The molecule has 0 fully saturated rings. The minimum absolute atomic E-state index is 0.0963. The summed E-state index contributed by atoms with van der Waals surface area (Å²) in [6.07, 6.45) is 1.46. The maximum Gasteiger partial charge on any atom is 0.271 e. The summed E-state index contributed by atoms with van der Waals surface area (Å²) in [5.74, 6) is -0.145. The van der Waals surface area contributed by atoms with Crippen molar-refractivity contribution in [3.63, 3.8) is 0 Å². The highest BCUT2D eigenvalue weighted by Crippen LogP contribution is 2.23. The van der Waals surface area contributed by atoms with E-state index in [0.717, 1.165) is 5.56 Å². The van der Waals surface area contributed by atoms with E-state index in [1.807, 2.05) is 0 Å². The predicted octanol–water partition coefficient (Wildman–Crippen LogP) is 2.62. The Bertz CT molecular complexity index is 654. The monoisotopic (exact) mass is 334 g/mol. The molecule has 3 N–H and O–H groups in total. The van der Waals surface area contributed by atoms with Gasteiger partial charge in [-0.3, -0.25) is 4.79 Å². The predicted molar refractivity (Wildman–Crippen MR) is 79.0 cm³/mol. The number of nitrogens with one attached hydrogen (secondary N) is 1. The fourth-order valence-corrected chi connectivity index (χ4v) is 1.84. The van der Waals surface area contributed by atoms with E-state index in [-0.39, 0.29) is 17.4 Å². The molecule has 5 nitrogen and oxygen atoms in total. The number of phenolic OH excluding ortho intramolecular Hbond substituents is 2. The third-order valence-corrected chi connectivity index (χ3v) is 3.12. The molecule has 2 rings (SSSR count). The number of hydrogen-bond acceptors (Lipinski definition) is 4. The van der Waals surface area contributed by atoms with Crippen molar-refractivity contribution >= 4 is 28.1 Å². The molecule has 0 radical (unpaired) electrons. The summed E-state index contributed by atoms with van der Waals surface area (Å²) in [5, 5.41) is 22.3. The van der Waals surface area contributed by atoms with E-state index in [1.165, 1.54) is 36.5 Å². The summed E-state index contributed by atoms with van der Waals surface area (Å²) >= 11 is 3.19. The van der Waals surface area contributed by atoms with E-state index in [0.29, 0.717) is 10.0 Å². The molecule has 0 aliphatic rings. The Morgan fingerprint density at radius 3 is 2.50 bits per heavy atom. The van der Waals surface area contributed by atoms with Gasteiger partial charge in [-0.2, -0.15) is 5.10 Å². The van der Waals surface area contributed by atoms with Crippen LogP contribution >= 0.6 is 15.9 Å². The molecule has 0 saturated carbocycles. The van der Waals surface area contributed by atoms with Crippen LogP contribution in [-0.4, -0.2) is 22.3 Å². The van der Waals surface area contributed by atoms with Crippen LogP contribution in [-0.2, 0) is 0 Å². The van der Waals surface area contributed by atoms with Gasteiger partial charge in [0.2, 0.25) is 0 Å². The summed E-state index contributed by atoms with van der Waals surface area (Å²) in [6, 6.07) is 10.7. The van der Waals surface area contributed by atoms with Crippen LogP contribution in [0, 0.1) is 0 Å². The Morgan fingerprint density at radius 1 is 1.15 bits per heavy atom. The number of carbonyl (C=O) groups excluding carboxylic acids is 1. The van der Waals surface area contributed by atoms with E-state index in [2.05, 4.69) is 26.5 Å². The van der Waals surface area contributed by atoms with Gasteiger partial charge < -0.3 is 10.2 Å². The van der Waals surface area contributed by atoms with E-state index >= 15 is 0 Å². The second kappa shape index (κ2) is 6.21. The molecule has 2 aromatic carbocycles. The Balaban J connectivity index is 2.00. The van der Waals surface area contributed by atoms with Gasteiger partial charge in [0.15, 0.2) is 0 Å². The maximum atomic E-state index is 11.7. The van der Waals surface area contributed by atoms with Crippen molar-refractivity contribution in [3.05, 3.63) is 58.1 Å². The lowest BCUT2D eigenvalue weighted by molar-refractivity contribution is 0.0955. The Kier molecular flexibility index (Phi) is 4.37. The smallest absolute Gasteiger partial charge is 0.271 e. The van der Waals surface area contributed by atoms with Gasteiger partial charge in [-0.25, -0.2) is 5.43 Å². The number of amides is 1. The molecule has 0 saturated heterocycles. The van der Waals surface area contributed by atoms with Crippen LogP contribution in [0.1, 0.15) is 15.9 Å². The highest BCUT2D eigenvalue weighted by atomic mass is 79.9. The zero-order chi connectivity index (χ0) is 14.5. The molecule has 0 aliphatic carbocycles. The normalized spacial score (nSPS) is 10.7. The first-order valence-corrected chi connectivity index (χ1v) is 6.46. The SMILES string of the molecule is O=C(NN=Cc1ccc(O)c(Br)c1)c1ccc(O)cc1. The minimum Gasteiger partial charge on any atom is -0.508 e. The number of hydrogen-bond donors (Lipinski definition) is 3. The van der Waals surface area contributed by atoms with Crippen molar-refractivity contribution in [1.82, 2.24) is 5.43 Å². The van der Waals surface area contributed by atoms with Crippen LogP contribution < -0.4 is 5.43 Å². The van der Waals surface area contributed by atoms with Crippen molar-refractivity contribution in [3.8, 4) is 11.5 Å². The number of phenols is 2. The summed E-state index contributed by atoms with van der Waals surface area (Å²) in [7, 11) is 0. The fraction of sp³-hybridized carbons (Fsp3) is 0. The van der Waals surface area contributed by atoms with Gasteiger partial charge in [0.25, 0.3) is 5.91 Å². The lowest BCUT2D eigenvalue weighted by atomic mass is 10.2. The zero-order valence-electron chi connectivity index (χ0n) is 10.2. The molecule has 0 unspecified atom stereocenters. The molecule has 0 aliphatic heterocycles. The number of benzene rings is 2. The quantitative estimate of drug-likeness (QED) is 0.596. The van der Waals surface area contributed by atoms with E-state index < -0.39 is 0 Å². The van der Waals surface area contributed by atoms with Crippen molar-refractivity contribution in [1.29, 1.82) is 0 Å². The number of nitrogens with zero attached hydrogens (tertiary/aromatic N) is 1. The first-order valence-electron chi connectivity index (χ1n) is 5.67. The first-order chi connectivity index (χ1) is 9.56. The summed E-state index contributed by atoms with van der Waals surface area (Å²) < 4.78 is 0.548. The molecule has 20 heavy (non-hydrogen) atoms. The second-order valence-corrected chi connectivity index (χ2v) is 4.81. The summed E-state index contributed by atoms with van der Waals surface area (Å²) in [5.41, 5.74) is 3.49. The largest absolute Gasteiger partial charge is 0.508 e. The zero-order valence-corrected chi connectivity index (χ0v) is 11.8. The highest BCUT2D eigenvalue weighted by molar-refractivity contribution is 9.10. The lowest BCUT2D eigenvalue weighted by Gasteiger charge is -2.00. The molecule has 0 spiro atoms. The van der Waals surface area contributed by atoms with E-state index in [9.17, 15) is 9.90 Å². The summed E-state index contributed by atoms with van der Waals surface area (Å²) in [4.78, 5) is 11.7. The molecule has 0 aromatic heterocycles. The summed E-state index contributed by atoms with van der Waals surface area (Å²) in [6.45, 7) is 0. The molecule has 0 bridgehead atoms. The molecule has 0 heterocycles. The van der Waals surface area contributed by atoms with Crippen LogP contribution in [0.15, 0.2) is 52.0 Å². The van der Waals surface area contributed by atoms with Gasteiger partial charge >= 0.3 is 0 Å². The fourth-order valence-electron chi connectivity index (χ4n) is 1.45. The molecule has 0 atom stereocenters. The highest BCUT2D eigenvalue weighted by Gasteiger charge is 2.03. The molecule has 102 valence electrons. The van der Waals surface area contributed by atoms with Gasteiger partial charge in [-0.15, -0.1) is 0 Å².